The largest absolute Gasteiger partial charge is 0.396 e. The number of aliphatic hydroxyl groups excluding tert-OH is 1. The van der Waals surface area contributed by atoms with E-state index in [2.05, 4.69) is 10.6 Å². The summed E-state index contributed by atoms with van der Waals surface area (Å²) < 4.78 is 0. The first-order valence-corrected chi connectivity index (χ1v) is 5.95. The third-order valence-electron chi connectivity index (χ3n) is 2.49. The lowest BCUT2D eigenvalue weighted by atomic mass is 10.2. The fraction of sp³-hybridized carbons (Fsp3) is 0.417. The Kier molecular flexibility index (Phi) is 5.74. The maximum atomic E-state index is 11.6. The number of non-ortho nitro benzene ring substituents is 1. The number of nitrogens with one attached hydrogen (secondary N) is 2. The van der Waals surface area contributed by atoms with Crippen molar-refractivity contribution in [3.63, 3.8) is 0 Å². The van der Waals surface area contributed by atoms with Crippen molar-refractivity contribution >= 4 is 17.4 Å². The van der Waals surface area contributed by atoms with Gasteiger partial charge < -0.3 is 15.7 Å². The van der Waals surface area contributed by atoms with Crippen LogP contribution in [0.4, 0.5) is 16.2 Å². The first-order chi connectivity index (χ1) is 9.02. The molecule has 0 aliphatic rings. The standard InChI is InChI=1S/C12H17N3O4/c1-9(4-3-7-16)13-12(17)14-10-5-2-6-11(8-10)15(18)19/h2,5-6,8-9,16H,3-4,7H2,1H3,(H2,13,14,17). The quantitative estimate of drug-likeness (QED) is 0.540. The molecule has 0 aliphatic carbocycles. The van der Waals surface area contributed by atoms with Crippen LogP contribution in [0.15, 0.2) is 24.3 Å². The van der Waals surface area contributed by atoms with Crippen LogP contribution in [-0.4, -0.2) is 28.7 Å². The van der Waals surface area contributed by atoms with Gasteiger partial charge in [-0.1, -0.05) is 6.07 Å². The van der Waals surface area contributed by atoms with Crippen molar-refractivity contribution in [3.05, 3.63) is 34.4 Å². The Morgan fingerprint density at radius 3 is 2.89 bits per heavy atom. The highest BCUT2D eigenvalue weighted by Crippen LogP contribution is 2.16. The second-order valence-electron chi connectivity index (χ2n) is 4.17. The van der Waals surface area contributed by atoms with Gasteiger partial charge in [0.05, 0.1) is 4.92 Å². The summed E-state index contributed by atoms with van der Waals surface area (Å²) in [7, 11) is 0. The molecule has 1 unspecified atom stereocenters. The molecule has 7 nitrogen and oxygen atoms in total. The molecule has 0 fully saturated rings. The van der Waals surface area contributed by atoms with Gasteiger partial charge in [0.2, 0.25) is 0 Å². The first kappa shape index (κ1) is 14.9. The summed E-state index contributed by atoms with van der Waals surface area (Å²) in [5, 5.41) is 24.5. The van der Waals surface area contributed by atoms with Crippen molar-refractivity contribution in [1.29, 1.82) is 0 Å². The molecule has 0 saturated carbocycles. The van der Waals surface area contributed by atoms with E-state index in [1.807, 2.05) is 6.92 Å². The van der Waals surface area contributed by atoms with E-state index in [0.717, 1.165) is 0 Å². The van der Waals surface area contributed by atoms with E-state index < -0.39 is 11.0 Å². The van der Waals surface area contributed by atoms with Gasteiger partial charge in [0.1, 0.15) is 0 Å². The summed E-state index contributed by atoms with van der Waals surface area (Å²) >= 11 is 0. The van der Waals surface area contributed by atoms with Gasteiger partial charge in [0, 0.05) is 30.5 Å². The zero-order valence-electron chi connectivity index (χ0n) is 10.6. The van der Waals surface area contributed by atoms with E-state index in [-0.39, 0.29) is 18.3 Å². The highest BCUT2D eigenvalue weighted by Gasteiger charge is 2.09. The summed E-state index contributed by atoms with van der Waals surface area (Å²) in [6, 6.07) is 5.22. The number of aliphatic hydroxyl groups is 1. The number of hydrogen-bond acceptors (Lipinski definition) is 4. The second-order valence-corrected chi connectivity index (χ2v) is 4.17. The van der Waals surface area contributed by atoms with Gasteiger partial charge in [-0.3, -0.25) is 10.1 Å². The molecule has 104 valence electrons. The van der Waals surface area contributed by atoms with Gasteiger partial charge in [-0.2, -0.15) is 0 Å². The summed E-state index contributed by atoms with van der Waals surface area (Å²) in [5.74, 6) is 0. The number of benzene rings is 1. The van der Waals surface area contributed by atoms with Gasteiger partial charge in [-0.25, -0.2) is 4.79 Å². The van der Waals surface area contributed by atoms with E-state index in [4.69, 9.17) is 5.11 Å². The van der Waals surface area contributed by atoms with E-state index in [1.165, 1.54) is 18.2 Å². The van der Waals surface area contributed by atoms with Crippen LogP contribution in [0.25, 0.3) is 0 Å². The monoisotopic (exact) mass is 267 g/mol. The minimum atomic E-state index is -0.521. The molecule has 7 heteroatoms. The number of amides is 2. The van der Waals surface area contributed by atoms with Crippen LogP contribution in [0.2, 0.25) is 0 Å². The Labute approximate surface area is 110 Å². The van der Waals surface area contributed by atoms with Crippen LogP contribution in [-0.2, 0) is 0 Å². The molecular formula is C12H17N3O4. The molecule has 0 saturated heterocycles. The van der Waals surface area contributed by atoms with Crippen molar-refractivity contribution < 1.29 is 14.8 Å². The molecule has 0 radical (unpaired) electrons. The van der Waals surface area contributed by atoms with E-state index in [0.29, 0.717) is 18.5 Å². The SMILES string of the molecule is CC(CCCO)NC(=O)Nc1cccc([N+](=O)[O-])c1. The third kappa shape index (κ3) is 5.35. The molecule has 1 rings (SSSR count). The Morgan fingerprint density at radius 2 is 2.26 bits per heavy atom. The number of anilines is 1. The van der Waals surface area contributed by atoms with E-state index >= 15 is 0 Å². The van der Waals surface area contributed by atoms with Gasteiger partial charge in [0.25, 0.3) is 5.69 Å². The molecule has 19 heavy (non-hydrogen) atoms. The predicted octanol–water partition coefficient (Wildman–Crippen LogP) is 1.88. The van der Waals surface area contributed by atoms with Gasteiger partial charge in [-0.15, -0.1) is 0 Å². The number of hydrogen-bond donors (Lipinski definition) is 3. The zero-order chi connectivity index (χ0) is 14.3. The van der Waals surface area contributed by atoms with Gasteiger partial charge in [-0.05, 0) is 25.8 Å². The van der Waals surface area contributed by atoms with Crippen molar-refractivity contribution in [3.8, 4) is 0 Å². The Morgan fingerprint density at radius 1 is 1.53 bits per heavy atom. The molecule has 0 bridgehead atoms. The average molecular weight is 267 g/mol. The Hall–Kier alpha value is -2.15. The predicted molar refractivity (Wildman–Crippen MR) is 71.0 cm³/mol. The number of carbonyl (C=O) groups is 1. The van der Waals surface area contributed by atoms with E-state index in [1.54, 1.807) is 6.07 Å². The van der Waals surface area contributed by atoms with Crippen molar-refractivity contribution in [1.82, 2.24) is 5.32 Å². The van der Waals surface area contributed by atoms with Crippen molar-refractivity contribution in [2.45, 2.75) is 25.8 Å². The minimum Gasteiger partial charge on any atom is -0.396 e. The highest BCUT2D eigenvalue weighted by molar-refractivity contribution is 5.89. The lowest BCUT2D eigenvalue weighted by Gasteiger charge is -2.13. The van der Waals surface area contributed by atoms with Crippen molar-refractivity contribution in [2.24, 2.45) is 0 Å². The first-order valence-electron chi connectivity index (χ1n) is 5.95. The van der Waals surface area contributed by atoms with E-state index in [9.17, 15) is 14.9 Å². The average Bonchev–Trinajstić information content (AvgIpc) is 2.36. The van der Waals surface area contributed by atoms with Crippen LogP contribution in [0, 0.1) is 10.1 Å². The molecule has 2 amide bonds. The Bertz CT molecular complexity index is 450. The van der Waals surface area contributed by atoms with Crippen LogP contribution < -0.4 is 10.6 Å². The number of carbonyl (C=O) groups excluding carboxylic acids is 1. The number of nitro benzene ring substituents is 1. The summed E-state index contributed by atoms with van der Waals surface area (Å²) in [6.07, 6.45) is 1.27. The Balaban J connectivity index is 2.52. The highest BCUT2D eigenvalue weighted by atomic mass is 16.6. The molecule has 0 aromatic heterocycles. The third-order valence-corrected chi connectivity index (χ3v) is 2.49. The maximum absolute atomic E-state index is 11.6. The number of urea groups is 1. The normalized spacial score (nSPS) is 11.7. The molecule has 0 heterocycles. The minimum absolute atomic E-state index is 0.0777. The van der Waals surface area contributed by atoms with Gasteiger partial charge >= 0.3 is 6.03 Å². The van der Waals surface area contributed by atoms with Gasteiger partial charge in [0.15, 0.2) is 0 Å². The number of nitrogens with zero attached hydrogens (tertiary/aromatic N) is 1. The summed E-state index contributed by atoms with van der Waals surface area (Å²) in [6.45, 7) is 1.90. The summed E-state index contributed by atoms with van der Waals surface area (Å²) in [5.41, 5.74) is 0.284. The number of rotatable bonds is 6. The molecular weight excluding hydrogens is 250 g/mol. The molecule has 0 spiro atoms. The molecule has 1 atom stereocenters. The van der Waals surface area contributed by atoms with Crippen LogP contribution in [0.1, 0.15) is 19.8 Å². The smallest absolute Gasteiger partial charge is 0.319 e. The fourth-order valence-electron chi connectivity index (χ4n) is 1.56. The topological polar surface area (TPSA) is 104 Å². The molecule has 1 aromatic carbocycles. The summed E-state index contributed by atoms with van der Waals surface area (Å²) in [4.78, 5) is 21.7. The second kappa shape index (κ2) is 7.32. The molecule has 0 aliphatic heterocycles. The van der Waals surface area contributed by atoms with Crippen molar-refractivity contribution in [2.75, 3.05) is 11.9 Å². The van der Waals surface area contributed by atoms with Crippen LogP contribution in [0.3, 0.4) is 0 Å². The van der Waals surface area contributed by atoms with Crippen LogP contribution in [0.5, 0.6) is 0 Å². The molecule has 1 aromatic rings. The lowest BCUT2D eigenvalue weighted by Crippen LogP contribution is -2.36. The number of nitro groups is 1. The maximum Gasteiger partial charge on any atom is 0.319 e. The molecule has 3 N–H and O–H groups in total. The fourth-order valence-corrected chi connectivity index (χ4v) is 1.56. The lowest BCUT2D eigenvalue weighted by molar-refractivity contribution is -0.384. The van der Waals surface area contributed by atoms with Crippen LogP contribution >= 0.6 is 0 Å². The zero-order valence-corrected chi connectivity index (χ0v) is 10.6.